The van der Waals surface area contributed by atoms with Crippen LogP contribution >= 0.6 is 22.7 Å². The number of esters is 1. The molecule has 1 fully saturated rings. The van der Waals surface area contributed by atoms with Gasteiger partial charge < -0.3 is 10.1 Å². The van der Waals surface area contributed by atoms with E-state index < -0.39 is 17.4 Å². The van der Waals surface area contributed by atoms with Crippen LogP contribution in [-0.4, -0.2) is 29.9 Å². The molecule has 2 aromatic heterocycles. The summed E-state index contributed by atoms with van der Waals surface area (Å²) in [6.07, 6.45) is -0.312. The number of nitrogens with one attached hydrogen (secondary N) is 1. The molecular weight excluding hydrogens is 354 g/mol. The van der Waals surface area contributed by atoms with Gasteiger partial charge in [-0.15, -0.1) is 22.7 Å². The van der Waals surface area contributed by atoms with Crippen LogP contribution in [0, 0.1) is 5.41 Å². The van der Waals surface area contributed by atoms with Crippen molar-refractivity contribution in [2.24, 2.45) is 0 Å². The molecule has 126 valence electrons. The number of aromatic nitrogens is 1. The lowest BCUT2D eigenvalue weighted by molar-refractivity contribution is -0.143. The molecule has 0 saturated heterocycles. The van der Waals surface area contributed by atoms with E-state index >= 15 is 0 Å². The summed E-state index contributed by atoms with van der Waals surface area (Å²) in [5.74, 6) is -0.694. The number of rotatable bonds is 3. The van der Waals surface area contributed by atoms with Crippen LogP contribution in [0.1, 0.15) is 35.6 Å². The van der Waals surface area contributed by atoms with Crippen LogP contribution in [0.15, 0.2) is 11.9 Å². The Hall–Kier alpha value is -1.67. The van der Waals surface area contributed by atoms with Crippen LogP contribution in [-0.2, 0) is 14.9 Å². The third-order valence-corrected chi connectivity index (χ3v) is 7.00. The van der Waals surface area contributed by atoms with Crippen molar-refractivity contribution in [1.29, 1.82) is 5.41 Å². The van der Waals surface area contributed by atoms with E-state index in [4.69, 9.17) is 10.1 Å². The minimum atomic E-state index is -1.44. The van der Waals surface area contributed by atoms with Gasteiger partial charge in [0, 0.05) is 23.3 Å². The predicted octanol–water partition coefficient (Wildman–Crippen LogP) is 4.39. The summed E-state index contributed by atoms with van der Waals surface area (Å²) in [6, 6.07) is 1.92. The van der Waals surface area contributed by atoms with Crippen LogP contribution < -0.4 is 0 Å². The maximum atomic E-state index is 14.1. The zero-order valence-corrected chi connectivity index (χ0v) is 14.5. The van der Waals surface area contributed by atoms with E-state index in [1.54, 1.807) is 0 Å². The SMILES string of the molecule is COC(=O)C1(c2cc3sc(C4=C(F)CC(=N)C(F)C4)nc3s2)CC1. The molecular formula is C16H14F2N2O2S2. The fraction of sp³-hybridized carbons (Fsp3) is 0.438. The number of carbonyl (C=O) groups is 1. The van der Waals surface area contributed by atoms with Gasteiger partial charge in [0.2, 0.25) is 0 Å². The van der Waals surface area contributed by atoms with Crippen molar-refractivity contribution in [3.8, 4) is 0 Å². The summed E-state index contributed by atoms with van der Waals surface area (Å²) in [6.45, 7) is 0. The zero-order chi connectivity index (χ0) is 17.1. The maximum absolute atomic E-state index is 14.1. The summed E-state index contributed by atoms with van der Waals surface area (Å²) in [5.41, 5.74) is -0.484. The molecule has 0 radical (unpaired) electrons. The Balaban J connectivity index is 1.69. The first-order valence-electron chi connectivity index (χ1n) is 7.53. The second-order valence-corrected chi connectivity index (χ2v) is 8.19. The number of nitrogens with zero attached hydrogens (tertiary/aromatic N) is 1. The van der Waals surface area contributed by atoms with E-state index in [1.165, 1.54) is 29.8 Å². The maximum Gasteiger partial charge on any atom is 0.317 e. The highest BCUT2D eigenvalue weighted by atomic mass is 32.1. The quantitative estimate of drug-likeness (QED) is 0.817. The third-order valence-electron chi connectivity index (χ3n) is 4.58. The predicted molar refractivity (Wildman–Crippen MR) is 90.3 cm³/mol. The fourth-order valence-electron chi connectivity index (χ4n) is 2.97. The summed E-state index contributed by atoms with van der Waals surface area (Å²) in [5, 5.41) is 7.88. The molecule has 2 aliphatic carbocycles. The number of thiazole rings is 1. The Morgan fingerprint density at radius 1 is 1.46 bits per heavy atom. The Morgan fingerprint density at radius 2 is 2.21 bits per heavy atom. The molecule has 0 aliphatic heterocycles. The Morgan fingerprint density at radius 3 is 2.83 bits per heavy atom. The van der Waals surface area contributed by atoms with Crippen molar-refractivity contribution in [2.75, 3.05) is 7.11 Å². The summed E-state index contributed by atoms with van der Waals surface area (Å²) >= 11 is 2.72. The standard InChI is InChI=1S/C16H14F2N2O2S2/c1-22-15(21)16(2-3-16)12-6-11-14(24-12)20-13(23-11)7-4-9(18)10(19)5-8(7)17/h6,9,19H,2-5H2,1H3. The molecule has 1 saturated carbocycles. The number of halogens is 2. The lowest BCUT2D eigenvalue weighted by atomic mass is 9.95. The molecule has 2 heterocycles. The summed E-state index contributed by atoms with van der Waals surface area (Å²) in [7, 11) is 1.39. The normalized spacial score (nSPS) is 23.0. The highest BCUT2D eigenvalue weighted by Crippen LogP contribution is 2.53. The molecule has 4 nitrogen and oxygen atoms in total. The fourth-order valence-corrected chi connectivity index (χ4v) is 5.49. The van der Waals surface area contributed by atoms with Crippen molar-refractivity contribution in [3.05, 3.63) is 21.8 Å². The number of hydrogen-bond acceptors (Lipinski definition) is 6. The molecule has 4 rings (SSSR count). The first-order valence-corrected chi connectivity index (χ1v) is 9.16. The summed E-state index contributed by atoms with van der Waals surface area (Å²) < 4.78 is 33.6. The zero-order valence-electron chi connectivity index (χ0n) is 12.8. The van der Waals surface area contributed by atoms with E-state index in [1.807, 2.05) is 6.07 Å². The first kappa shape index (κ1) is 15.8. The molecule has 2 aromatic rings. The smallest absolute Gasteiger partial charge is 0.317 e. The van der Waals surface area contributed by atoms with Gasteiger partial charge >= 0.3 is 5.97 Å². The minimum Gasteiger partial charge on any atom is -0.468 e. The Bertz CT molecular complexity index is 864. The number of fused-ring (bicyclic) bond motifs is 1. The number of thiophene rings is 1. The Labute approximate surface area is 144 Å². The third kappa shape index (κ3) is 2.31. The molecule has 0 aromatic carbocycles. The van der Waals surface area contributed by atoms with Gasteiger partial charge in [-0.25, -0.2) is 13.8 Å². The lowest BCUT2D eigenvalue weighted by Gasteiger charge is -2.17. The highest BCUT2D eigenvalue weighted by Gasteiger charge is 2.53. The molecule has 1 unspecified atom stereocenters. The Kier molecular flexibility index (Phi) is 3.58. The average molecular weight is 368 g/mol. The van der Waals surface area contributed by atoms with Gasteiger partial charge in [0.1, 0.15) is 27.3 Å². The molecule has 0 spiro atoms. The van der Waals surface area contributed by atoms with E-state index in [0.29, 0.717) is 5.01 Å². The van der Waals surface area contributed by atoms with Crippen molar-refractivity contribution in [2.45, 2.75) is 37.3 Å². The molecule has 24 heavy (non-hydrogen) atoms. The molecule has 2 aliphatic rings. The largest absolute Gasteiger partial charge is 0.468 e. The van der Waals surface area contributed by atoms with E-state index in [-0.39, 0.29) is 30.1 Å². The van der Waals surface area contributed by atoms with Gasteiger partial charge in [0.15, 0.2) is 0 Å². The van der Waals surface area contributed by atoms with Crippen LogP contribution in [0.2, 0.25) is 0 Å². The molecule has 0 bridgehead atoms. The molecule has 1 N–H and O–H groups in total. The van der Waals surface area contributed by atoms with E-state index in [2.05, 4.69) is 4.98 Å². The van der Waals surface area contributed by atoms with Crippen molar-refractivity contribution in [3.63, 3.8) is 0 Å². The number of carbonyl (C=O) groups excluding carboxylic acids is 1. The van der Waals surface area contributed by atoms with Crippen LogP contribution in [0.5, 0.6) is 0 Å². The second-order valence-electron chi connectivity index (χ2n) is 6.13. The second kappa shape index (κ2) is 5.42. The lowest BCUT2D eigenvalue weighted by Crippen LogP contribution is -2.20. The topological polar surface area (TPSA) is 63.0 Å². The van der Waals surface area contributed by atoms with Gasteiger partial charge in [-0.3, -0.25) is 4.79 Å². The van der Waals surface area contributed by atoms with Gasteiger partial charge in [-0.05, 0) is 18.9 Å². The van der Waals surface area contributed by atoms with Gasteiger partial charge in [-0.1, -0.05) is 0 Å². The van der Waals surface area contributed by atoms with E-state index in [0.717, 1.165) is 27.2 Å². The summed E-state index contributed by atoms with van der Waals surface area (Å²) in [4.78, 5) is 18.1. The van der Waals surface area contributed by atoms with Crippen LogP contribution in [0.3, 0.4) is 0 Å². The van der Waals surface area contributed by atoms with Crippen molar-refractivity contribution in [1.82, 2.24) is 4.98 Å². The number of ether oxygens (including phenoxy) is 1. The van der Waals surface area contributed by atoms with Gasteiger partial charge in [0.05, 0.1) is 17.5 Å². The molecule has 0 amide bonds. The monoisotopic (exact) mass is 368 g/mol. The highest BCUT2D eigenvalue weighted by molar-refractivity contribution is 7.27. The number of allylic oxidation sites excluding steroid dienone is 2. The number of hydrogen-bond donors (Lipinski definition) is 1. The van der Waals surface area contributed by atoms with Crippen LogP contribution in [0.4, 0.5) is 8.78 Å². The minimum absolute atomic E-state index is 0.135. The molecule has 8 heteroatoms. The van der Waals surface area contributed by atoms with Crippen molar-refractivity contribution >= 4 is 49.5 Å². The molecule has 1 atom stereocenters. The van der Waals surface area contributed by atoms with Gasteiger partial charge in [-0.2, -0.15) is 0 Å². The van der Waals surface area contributed by atoms with E-state index in [9.17, 15) is 13.6 Å². The van der Waals surface area contributed by atoms with Crippen LogP contribution in [0.25, 0.3) is 15.1 Å². The number of alkyl halides is 1. The number of methoxy groups -OCH3 is 1. The van der Waals surface area contributed by atoms with Crippen molar-refractivity contribution < 1.29 is 18.3 Å². The first-order chi connectivity index (χ1) is 11.4. The van der Waals surface area contributed by atoms with Gasteiger partial charge in [0.25, 0.3) is 0 Å². The average Bonchev–Trinajstić information content (AvgIpc) is 3.12.